The number of unbranched alkanes of at least 4 members (excludes halogenated alkanes) is 1. The van der Waals surface area contributed by atoms with E-state index in [-0.39, 0.29) is 0 Å². The normalized spacial score (nSPS) is 10.9. The van der Waals surface area contributed by atoms with Crippen molar-refractivity contribution in [2.45, 2.75) is 39.8 Å². The van der Waals surface area contributed by atoms with Crippen molar-refractivity contribution in [1.82, 2.24) is 20.3 Å². The quantitative estimate of drug-likeness (QED) is 0.643. The molecule has 0 aliphatic heterocycles. The van der Waals surface area contributed by atoms with Crippen molar-refractivity contribution in [3.8, 4) is 0 Å². The van der Waals surface area contributed by atoms with E-state index in [0.717, 1.165) is 38.4 Å². The lowest BCUT2D eigenvalue weighted by molar-refractivity contribution is 0.120. The summed E-state index contributed by atoms with van der Waals surface area (Å²) in [6, 6.07) is 0. The van der Waals surface area contributed by atoms with E-state index in [4.69, 9.17) is 4.74 Å². The molecule has 0 bridgehead atoms. The van der Waals surface area contributed by atoms with Crippen LogP contribution in [0.25, 0.3) is 0 Å². The molecule has 0 aliphatic rings. The van der Waals surface area contributed by atoms with Gasteiger partial charge in [-0.15, -0.1) is 5.10 Å². The molecule has 92 valence electrons. The molecule has 0 spiro atoms. The molecular weight excluding hydrogens is 204 g/mol. The first-order valence-electron chi connectivity index (χ1n) is 6.04. The van der Waals surface area contributed by atoms with Crippen LogP contribution in [-0.4, -0.2) is 34.8 Å². The van der Waals surface area contributed by atoms with Crippen LogP contribution in [0.1, 0.15) is 32.4 Å². The van der Waals surface area contributed by atoms with E-state index >= 15 is 0 Å². The van der Waals surface area contributed by atoms with Crippen LogP contribution in [0.5, 0.6) is 0 Å². The van der Waals surface area contributed by atoms with E-state index in [1.165, 1.54) is 6.42 Å². The van der Waals surface area contributed by atoms with E-state index in [1.807, 2.05) is 10.9 Å². The van der Waals surface area contributed by atoms with Gasteiger partial charge in [-0.25, -0.2) is 4.68 Å². The molecule has 5 nitrogen and oxygen atoms in total. The first kappa shape index (κ1) is 13.1. The number of aromatic nitrogens is 3. The van der Waals surface area contributed by atoms with Crippen LogP contribution in [0.15, 0.2) is 6.20 Å². The number of hydrogen-bond acceptors (Lipinski definition) is 4. The zero-order chi connectivity index (χ0) is 11.6. The Morgan fingerprint density at radius 1 is 1.38 bits per heavy atom. The zero-order valence-corrected chi connectivity index (χ0v) is 10.3. The zero-order valence-electron chi connectivity index (χ0n) is 10.3. The Balaban J connectivity index is 2.14. The Labute approximate surface area is 97.2 Å². The highest BCUT2D eigenvalue weighted by atomic mass is 16.5. The van der Waals surface area contributed by atoms with Crippen LogP contribution >= 0.6 is 0 Å². The Kier molecular flexibility index (Phi) is 6.76. The van der Waals surface area contributed by atoms with Crippen molar-refractivity contribution in [3.63, 3.8) is 0 Å². The molecule has 5 heteroatoms. The van der Waals surface area contributed by atoms with Crippen molar-refractivity contribution in [1.29, 1.82) is 0 Å². The van der Waals surface area contributed by atoms with Gasteiger partial charge in [0.25, 0.3) is 0 Å². The largest absolute Gasteiger partial charge is 0.380 e. The summed E-state index contributed by atoms with van der Waals surface area (Å²) in [7, 11) is 0. The molecule has 16 heavy (non-hydrogen) atoms. The highest BCUT2D eigenvalue weighted by Crippen LogP contribution is 1.93. The van der Waals surface area contributed by atoms with Gasteiger partial charge in [-0.05, 0) is 13.0 Å². The number of nitrogens with zero attached hydrogens (tertiary/aromatic N) is 3. The second kappa shape index (κ2) is 8.24. The van der Waals surface area contributed by atoms with Crippen LogP contribution in [0.2, 0.25) is 0 Å². The molecule has 0 fully saturated rings. The Morgan fingerprint density at radius 3 is 3.00 bits per heavy atom. The van der Waals surface area contributed by atoms with E-state index in [9.17, 15) is 0 Å². The smallest absolute Gasteiger partial charge is 0.0964 e. The van der Waals surface area contributed by atoms with Gasteiger partial charge in [-0.3, -0.25) is 0 Å². The minimum absolute atomic E-state index is 0.712. The van der Waals surface area contributed by atoms with Crippen molar-refractivity contribution >= 4 is 0 Å². The summed E-state index contributed by atoms with van der Waals surface area (Å²) < 4.78 is 7.30. The SMILES string of the molecule is CCCCOCCn1cc(CNCC)nn1. The third-order valence-corrected chi connectivity index (χ3v) is 2.25. The molecule has 1 N–H and O–H groups in total. The predicted octanol–water partition coefficient (Wildman–Crippen LogP) is 1.20. The molecule has 0 amide bonds. The highest BCUT2D eigenvalue weighted by Gasteiger charge is 1.99. The summed E-state index contributed by atoms with van der Waals surface area (Å²) in [6.07, 6.45) is 4.27. The third kappa shape index (κ3) is 5.23. The minimum atomic E-state index is 0.712. The first-order valence-corrected chi connectivity index (χ1v) is 6.04. The maximum Gasteiger partial charge on any atom is 0.0964 e. The topological polar surface area (TPSA) is 52.0 Å². The van der Waals surface area contributed by atoms with Crippen molar-refractivity contribution < 1.29 is 4.74 Å². The lowest BCUT2D eigenvalue weighted by atomic mass is 10.4. The second-order valence-electron chi connectivity index (χ2n) is 3.72. The summed E-state index contributed by atoms with van der Waals surface area (Å²) in [4.78, 5) is 0. The van der Waals surface area contributed by atoms with Gasteiger partial charge in [0.15, 0.2) is 0 Å². The molecule has 0 unspecified atom stereocenters. The number of ether oxygens (including phenoxy) is 1. The van der Waals surface area contributed by atoms with Gasteiger partial charge in [-0.2, -0.15) is 0 Å². The fraction of sp³-hybridized carbons (Fsp3) is 0.818. The molecule has 0 aromatic carbocycles. The standard InChI is InChI=1S/C11H22N4O/c1-3-5-7-16-8-6-15-10-11(13-14-15)9-12-4-2/h10,12H,3-9H2,1-2H3. The van der Waals surface area contributed by atoms with Gasteiger partial charge < -0.3 is 10.1 Å². The minimum Gasteiger partial charge on any atom is -0.380 e. The number of hydrogen-bond donors (Lipinski definition) is 1. The van der Waals surface area contributed by atoms with E-state index < -0.39 is 0 Å². The molecule has 0 saturated heterocycles. The Hall–Kier alpha value is -0.940. The first-order chi connectivity index (χ1) is 7.86. The molecule has 1 heterocycles. The van der Waals surface area contributed by atoms with Gasteiger partial charge in [0.1, 0.15) is 0 Å². The summed E-state index contributed by atoms with van der Waals surface area (Å²) in [5.41, 5.74) is 0.982. The Bertz CT molecular complexity index is 275. The lowest BCUT2D eigenvalue weighted by Gasteiger charge is -2.02. The second-order valence-corrected chi connectivity index (χ2v) is 3.72. The van der Waals surface area contributed by atoms with Crippen LogP contribution in [0.3, 0.4) is 0 Å². The van der Waals surface area contributed by atoms with Gasteiger partial charge in [0, 0.05) is 19.3 Å². The fourth-order valence-electron chi connectivity index (χ4n) is 1.29. The highest BCUT2D eigenvalue weighted by molar-refractivity contribution is 4.91. The van der Waals surface area contributed by atoms with Crippen molar-refractivity contribution in [2.24, 2.45) is 0 Å². The van der Waals surface area contributed by atoms with Crippen LogP contribution in [0.4, 0.5) is 0 Å². The average Bonchev–Trinajstić information content (AvgIpc) is 2.74. The average molecular weight is 226 g/mol. The van der Waals surface area contributed by atoms with Gasteiger partial charge in [0.05, 0.1) is 18.8 Å². The maximum absolute atomic E-state index is 5.46. The molecule has 1 aromatic heterocycles. The lowest BCUT2D eigenvalue weighted by Crippen LogP contribution is -2.12. The number of nitrogens with one attached hydrogen (secondary N) is 1. The van der Waals surface area contributed by atoms with Crippen molar-refractivity contribution in [3.05, 3.63) is 11.9 Å². The molecular formula is C11H22N4O. The van der Waals surface area contributed by atoms with Gasteiger partial charge in [-0.1, -0.05) is 25.5 Å². The van der Waals surface area contributed by atoms with E-state index in [2.05, 4.69) is 29.5 Å². The summed E-state index contributed by atoms with van der Waals surface area (Å²) >= 11 is 0. The predicted molar refractivity (Wildman–Crippen MR) is 63.1 cm³/mol. The summed E-state index contributed by atoms with van der Waals surface area (Å²) in [6.45, 7) is 8.31. The summed E-state index contributed by atoms with van der Waals surface area (Å²) in [5, 5.41) is 11.3. The van der Waals surface area contributed by atoms with Crippen molar-refractivity contribution in [2.75, 3.05) is 19.8 Å². The maximum atomic E-state index is 5.46. The van der Waals surface area contributed by atoms with Crippen LogP contribution in [0, 0.1) is 0 Å². The van der Waals surface area contributed by atoms with E-state index in [0.29, 0.717) is 6.61 Å². The fourth-order valence-corrected chi connectivity index (χ4v) is 1.29. The molecule has 0 aliphatic carbocycles. The number of rotatable bonds is 9. The van der Waals surface area contributed by atoms with Crippen LogP contribution in [-0.2, 0) is 17.8 Å². The van der Waals surface area contributed by atoms with Gasteiger partial charge >= 0.3 is 0 Å². The van der Waals surface area contributed by atoms with E-state index in [1.54, 1.807) is 0 Å². The molecule has 0 radical (unpaired) electrons. The third-order valence-electron chi connectivity index (χ3n) is 2.25. The van der Waals surface area contributed by atoms with Gasteiger partial charge in [0.2, 0.25) is 0 Å². The molecule has 0 saturated carbocycles. The molecule has 0 atom stereocenters. The monoisotopic (exact) mass is 226 g/mol. The summed E-state index contributed by atoms with van der Waals surface area (Å²) in [5.74, 6) is 0. The Morgan fingerprint density at radius 2 is 2.25 bits per heavy atom. The molecule has 1 aromatic rings. The van der Waals surface area contributed by atoms with Crippen LogP contribution < -0.4 is 5.32 Å². The molecule has 1 rings (SSSR count).